The normalized spacial score (nSPS) is 24.3. The average Bonchev–Trinajstić information content (AvgIpc) is 2.32. The maximum Gasteiger partial charge on any atom is 0.292 e. The minimum atomic E-state index is -0.413. The van der Waals surface area contributed by atoms with Crippen molar-refractivity contribution in [1.82, 2.24) is 0 Å². The summed E-state index contributed by atoms with van der Waals surface area (Å²) in [4.78, 5) is 10.4. The third-order valence-corrected chi connectivity index (χ3v) is 3.17. The molecule has 1 aromatic rings. The lowest BCUT2D eigenvalue weighted by atomic mass is 9.92. The Balaban J connectivity index is 2.14. The minimum absolute atomic E-state index is 0.0604. The Morgan fingerprint density at radius 3 is 2.71 bits per heavy atom. The SMILES string of the molecule is O=[N+]([O-])c1ccccc1N[C@@H]1CCCC[C@H]1O. The third kappa shape index (κ3) is 2.74. The molecule has 0 aliphatic heterocycles. The lowest BCUT2D eigenvalue weighted by molar-refractivity contribution is -0.384. The van der Waals surface area contributed by atoms with Gasteiger partial charge in [-0.2, -0.15) is 0 Å². The van der Waals surface area contributed by atoms with Gasteiger partial charge in [-0.15, -0.1) is 0 Å². The first-order valence-corrected chi connectivity index (χ1v) is 5.86. The van der Waals surface area contributed by atoms with E-state index < -0.39 is 11.0 Å². The molecule has 1 fully saturated rings. The summed E-state index contributed by atoms with van der Waals surface area (Å²) in [5.74, 6) is 0. The molecule has 5 heteroatoms. The van der Waals surface area contributed by atoms with E-state index in [-0.39, 0.29) is 11.7 Å². The summed E-state index contributed by atoms with van der Waals surface area (Å²) in [5, 5.41) is 23.8. The van der Waals surface area contributed by atoms with Crippen LogP contribution in [0.15, 0.2) is 24.3 Å². The number of nitro groups is 1. The Kier molecular flexibility index (Phi) is 3.58. The Morgan fingerprint density at radius 1 is 1.29 bits per heavy atom. The van der Waals surface area contributed by atoms with Gasteiger partial charge in [0.2, 0.25) is 0 Å². The molecule has 1 aliphatic rings. The molecule has 0 unspecified atom stereocenters. The van der Waals surface area contributed by atoms with Crippen LogP contribution in [0.5, 0.6) is 0 Å². The van der Waals surface area contributed by atoms with Gasteiger partial charge >= 0.3 is 0 Å². The van der Waals surface area contributed by atoms with E-state index in [1.807, 2.05) is 0 Å². The number of anilines is 1. The highest BCUT2D eigenvalue weighted by molar-refractivity contribution is 5.61. The molecule has 0 amide bonds. The van der Waals surface area contributed by atoms with Crippen LogP contribution in [-0.4, -0.2) is 22.2 Å². The summed E-state index contributed by atoms with van der Waals surface area (Å²) in [6, 6.07) is 6.46. The molecule has 0 spiro atoms. The van der Waals surface area contributed by atoms with Crippen molar-refractivity contribution in [3.63, 3.8) is 0 Å². The Bertz CT molecular complexity index is 408. The third-order valence-electron chi connectivity index (χ3n) is 3.17. The highest BCUT2D eigenvalue weighted by atomic mass is 16.6. The van der Waals surface area contributed by atoms with E-state index >= 15 is 0 Å². The highest BCUT2D eigenvalue weighted by Gasteiger charge is 2.24. The van der Waals surface area contributed by atoms with Crippen molar-refractivity contribution in [2.45, 2.75) is 37.8 Å². The fourth-order valence-corrected chi connectivity index (χ4v) is 2.23. The number of nitrogens with one attached hydrogen (secondary N) is 1. The quantitative estimate of drug-likeness (QED) is 0.623. The Morgan fingerprint density at radius 2 is 2.00 bits per heavy atom. The number of nitrogens with zero attached hydrogens (tertiary/aromatic N) is 1. The van der Waals surface area contributed by atoms with E-state index in [2.05, 4.69) is 5.32 Å². The van der Waals surface area contributed by atoms with E-state index in [0.717, 1.165) is 25.7 Å². The fourth-order valence-electron chi connectivity index (χ4n) is 2.23. The van der Waals surface area contributed by atoms with Gasteiger partial charge in [0.05, 0.1) is 17.1 Å². The molecular formula is C12H16N2O3. The summed E-state index contributed by atoms with van der Waals surface area (Å²) in [5.41, 5.74) is 0.550. The molecule has 0 aromatic heterocycles. The summed E-state index contributed by atoms with van der Waals surface area (Å²) in [6.45, 7) is 0. The predicted molar refractivity (Wildman–Crippen MR) is 65.0 cm³/mol. The molecule has 2 N–H and O–H groups in total. The van der Waals surface area contributed by atoms with Gasteiger partial charge < -0.3 is 10.4 Å². The van der Waals surface area contributed by atoms with Crippen molar-refractivity contribution in [2.24, 2.45) is 0 Å². The van der Waals surface area contributed by atoms with Crippen LogP contribution in [0.2, 0.25) is 0 Å². The fraction of sp³-hybridized carbons (Fsp3) is 0.500. The molecular weight excluding hydrogens is 220 g/mol. The molecule has 17 heavy (non-hydrogen) atoms. The zero-order chi connectivity index (χ0) is 12.3. The highest BCUT2D eigenvalue weighted by Crippen LogP contribution is 2.28. The van der Waals surface area contributed by atoms with Crippen LogP contribution in [0.1, 0.15) is 25.7 Å². The largest absolute Gasteiger partial charge is 0.391 e. The van der Waals surface area contributed by atoms with Crippen LogP contribution in [0.3, 0.4) is 0 Å². The second-order valence-corrected chi connectivity index (χ2v) is 4.38. The van der Waals surface area contributed by atoms with Crippen molar-refractivity contribution in [3.05, 3.63) is 34.4 Å². The van der Waals surface area contributed by atoms with E-state index in [4.69, 9.17) is 0 Å². The van der Waals surface area contributed by atoms with Gasteiger partial charge in [-0.3, -0.25) is 10.1 Å². The first-order valence-electron chi connectivity index (χ1n) is 5.86. The molecule has 0 heterocycles. The second-order valence-electron chi connectivity index (χ2n) is 4.38. The van der Waals surface area contributed by atoms with Crippen molar-refractivity contribution in [1.29, 1.82) is 0 Å². The molecule has 92 valence electrons. The number of hydrogen-bond donors (Lipinski definition) is 2. The predicted octanol–water partition coefficient (Wildman–Crippen LogP) is 2.31. The number of rotatable bonds is 3. The summed E-state index contributed by atoms with van der Waals surface area (Å²) in [7, 11) is 0. The Hall–Kier alpha value is -1.62. The van der Waals surface area contributed by atoms with Gasteiger partial charge in [0.25, 0.3) is 5.69 Å². The topological polar surface area (TPSA) is 75.4 Å². The van der Waals surface area contributed by atoms with Crippen molar-refractivity contribution in [3.8, 4) is 0 Å². The van der Waals surface area contributed by atoms with E-state index in [0.29, 0.717) is 5.69 Å². The summed E-state index contributed by atoms with van der Waals surface area (Å²) < 4.78 is 0. The first kappa shape index (κ1) is 11.9. The lowest BCUT2D eigenvalue weighted by Gasteiger charge is -2.28. The number of para-hydroxylation sites is 2. The molecule has 2 rings (SSSR count). The van der Waals surface area contributed by atoms with Gasteiger partial charge in [-0.1, -0.05) is 25.0 Å². The van der Waals surface area contributed by atoms with Crippen molar-refractivity contribution >= 4 is 11.4 Å². The zero-order valence-corrected chi connectivity index (χ0v) is 9.50. The number of hydrogen-bond acceptors (Lipinski definition) is 4. The summed E-state index contributed by atoms with van der Waals surface area (Å²) >= 11 is 0. The van der Waals surface area contributed by atoms with Crippen molar-refractivity contribution in [2.75, 3.05) is 5.32 Å². The minimum Gasteiger partial charge on any atom is -0.391 e. The van der Waals surface area contributed by atoms with Gasteiger partial charge in [0.1, 0.15) is 5.69 Å². The molecule has 5 nitrogen and oxygen atoms in total. The standard InChI is InChI=1S/C12H16N2O3/c15-12-8-4-2-6-10(12)13-9-5-1-3-7-11(9)14(16)17/h1,3,5,7,10,12-13,15H,2,4,6,8H2/t10-,12-/m1/s1. The monoisotopic (exact) mass is 236 g/mol. The molecule has 1 aliphatic carbocycles. The van der Waals surface area contributed by atoms with E-state index in [1.54, 1.807) is 18.2 Å². The van der Waals surface area contributed by atoms with Gasteiger partial charge in [-0.05, 0) is 18.9 Å². The number of aliphatic hydroxyl groups is 1. The smallest absolute Gasteiger partial charge is 0.292 e. The number of aliphatic hydroxyl groups excluding tert-OH is 1. The molecule has 1 aromatic carbocycles. The van der Waals surface area contributed by atoms with Gasteiger partial charge in [0.15, 0.2) is 0 Å². The number of benzene rings is 1. The van der Waals surface area contributed by atoms with E-state index in [1.165, 1.54) is 6.07 Å². The number of nitro benzene ring substituents is 1. The van der Waals surface area contributed by atoms with Gasteiger partial charge in [0, 0.05) is 6.07 Å². The van der Waals surface area contributed by atoms with Crippen molar-refractivity contribution < 1.29 is 10.0 Å². The van der Waals surface area contributed by atoms with Crippen LogP contribution < -0.4 is 5.32 Å². The summed E-state index contributed by atoms with van der Waals surface area (Å²) in [6.07, 6.45) is 3.28. The second kappa shape index (κ2) is 5.14. The van der Waals surface area contributed by atoms with Crippen LogP contribution in [0.25, 0.3) is 0 Å². The van der Waals surface area contributed by atoms with Gasteiger partial charge in [-0.25, -0.2) is 0 Å². The van der Waals surface area contributed by atoms with Crippen LogP contribution in [0.4, 0.5) is 11.4 Å². The van der Waals surface area contributed by atoms with Crippen LogP contribution in [-0.2, 0) is 0 Å². The molecule has 0 bridgehead atoms. The lowest BCUT2D eigenvalue weighted by Crippen LogP contribution is -2.36. The average molecular weight is 236 g/mol. The molecule has 1 saturated carbocycles. The molecule has 0 saturated heterocycles. The maximum atomic E-state index is 10.8. The van der Waals surface area contributed by atoms with Crippen LogP contribution >= 0.6 is 0 Å². The van der Waals surface area contributed by atoms with Crippen LogP contribution in [0, 0.1) is 10.1 Å². The Labute approximate surface area is 99.6 Å². The molecule has 0 radical (unpaired) electrons. The molecule has 2 atom stereocenters. The maximum absolute atomic E-state index is 10.8. The first-order chi connectivity index (χ1) is 8.18. The zero-order valence-electron chi connectivity index (χ0n) is 9.50. The van der Waals surface area contributed by atoms with E-state index in [9.17, 15) is 15.2 Å².